The van der Waals surface area contributed by atoms with Gasteiger partial charge in [0.15, 0.2) is 21.5 Å². The third-order valence-electron chi connectivity index (χ3n) is 4.38. The molecule has 1 N–H and O–H groups in total. The van der Waals surface area contributed by atoms with E-state index in [0.717, 1.165) is 0 Å². The standard InChI is InChI=1S/C18H22N4O4S/c1-22(14-10-12-27(24,25)13-14)17-8-7-16(20-21-17)19-18(23)9-11-26-15-5-3-2-4-6-15/h2-8,14H,9-13H2,1H3,(H,19,20,23). The molecule has 1 amide bonds. The fraction of sp³-hybridized carbons (Fsp3) is 0.389. The molecule has 1 aliphatic rings. The molecule has 0 spiro atoms. The lowest BCUT2D eigenvalue weighted by molar-refractivity contribution is -0.116. The van der Waals surface area contributed by atoms with E-state index in [4.69, 9.17) is 4.74 Å². The highest BCUT2D eigenvalue weighted by atomic mass is 32.2. The molecule has 1 saturated heterocycles. The molecular weight excluding hydrogens is 368 g/mol. The van der Waals surface area contributed by atoms with E-state index in [1.807, 2.05) is 35.2 Å². The molecule has 1 aromatic carbocycles. The van der Waals surface area contributed by atoms with Crippen molar-refractivity contribution in [3.05, 3.63) is 42.5 Å². The van der Waals surface area contributed by atoms with E-state index in [1.165, 1.54) is 0 Å². The minimum Gasteiger partial charge on any atom is -0.493 e. The topological polar surface area (TPSA) is 101 Å². The first-order chi connectivity index (χ1) is 12.9. The summed E-state index contributed by atoms with van der Waals surface area (Å²) in [6.07, 6.45) is 0.776. The van der Waals surface area contributed by atoms with E-state index in [2.05, 4.69) is 15.5 Å². The minimum atomic E-state index is -2.96. The summed E-state index contributed by atoms with van der Waals surface area (Å²) in [6, 6.07) is 12.6. The van der Waals surface area contributed by atoms with Crippen molar-refractivity contribution in [2.45, 2.75) is 18.9 Å². The summed E-state index contributed by atoms with van der Waals surface area (Å²) in [7, 11) is -1.16. The Morgan fingerprint density at radius 2 is 2.00 bits per heavy atom. The summed E-state index contributed by atoms with van der Waals surface area (Å²) in [6.45, 7) is 0.264. The zero-order chi connectivity index (χ0) is 19.3. The van der Waals surface area contributed by atoms with E-state index in [-0.39, 0.29) is 36.5 Å². The molecule has 1 unspecified atom stereocenters. The van der Waals surface area contributed by atoms with Crippen LogP contribution in [0.2, 0.25) is 0 Å². The number of nitrogens with one attached hydrogen (secondary N) is 1. The van der Waals surface area contributed by atoms with Gasteiger partial charge in [0.1, 0.15) is 5.75 Å². The molecule has 0 radical (unpaired) electrons. The number of carbonyl (C=O) groups excluding carboxylic acids is 1. The molecule has 2 heterocycles. The third kappa shape index (κ3) is 5.40. The fourth-order valence-electron chi connectivity index (χ4n) is 2.83. The number of sulfone groups is 1. The van der Waals surface area contributed by atoms with Gasteiger partial charge in [0.25, 0.3) is 0 Å². The van der Waals surface area contributed by atoms with Crippen LogP contribution in [0.15, 0.2) is 42.5 Å². The molecule has 1 aromatic heterocycles. The molecule has 9 heteroatoms. The Morgan fingerprint density at radius 1 is 1.22 bits per heavy atom. The van der Waals surface area contributed by atoms with Gasteiger partial charge < -0.3 is 15.0 Å². The molecule has 27 heavy (non-hydrogen) atoms. The molecule has 1 fully saturated rings. The van der Waals surface area contributed by atoms with Crippen LogP contribution in [-0.2, 0) is 14.6 Å². The van der Waals surface area contributed by atoms with Crippen LogP contribution < -0.4 is 15.0 Å². The summed E-state index contributed by atoms with van der Waals surface area (Å²) < 4.78 is 28.7. The van der Waals surface area contributed by atoms with Crippen LogP contribution in [-0.4, -0.2) is 55.7 Å². The number of amides is 1. The number of carbonyl (C=O) groups is 1. The molecule has 1 atom stereocenters. The number of ether oxygens (including phenoxy) is 1. The van der Waals surface area contributed by atoms with Crippen LogP contribution in [0.3, 0.4) is 0 Å². The van der Waals surface area contributed by atoms with Crippen molar-refractivity contribution in [3.63, 3.8) is 0 Å². The largest absolute Gasteiger partial charge is 0.493 e. The van der Waals surface area contributed by atoms with Crippen molar-refractivity contribution >= 4 is 27.4 Å². The molecule has 0 saturated carbocycles. The van der Waals surface area contributed by atoms with E-state index < -0.39 is 9.84 Å². The fourth-order valence-corrected chi connectivity index (χ4v) is 4.61. The molecular formula is C18H22N4O4S. The Morgan fingerprint density at radius 3 is 2.63 bits per heavy atom. The van der Waals surface area contributed by atoms with E-state index in [9.17, 15) is 13.2 Å². The maximum atomic E-state index is 12.0. The number of hydrogen-bond donors (Lipinski definition) is 1. The average molecular weight is 390 g/mol. The van der Waals surface area contributed by atoms with Gasteiger partial charge >= 0.3 is 0 Å². The number of rotatable bonds is 7. The van der Waals surface area contributed by atoms with Crippen molar-refractivity contribution in [1.82, 2.24) is 10.2 Å². The lowest BCUT2D eigenvalue weighted by atomic mass is 10.2. The SMILES string of the molecule is CN(c1ccc(NC(=O)CCOc2ccccc2)nn1)C1CCS(=O)(=O)C1. The molecule has 8 nitrogen and oxygen atoms in total. The molecule has 0 aliphatic carbocycles. The summed E-state index contributed by atoms with van der Waals surface area (Å²) in [5, 5.41) is 10.8. The summed E-state index contributed by atoms with van der Waals surface area (Å²) in [4.78, 5) is 13.8. The Hall–Kier alpha value is -2.68. The zero-order valence-electron chi connectivity index (χ0n) is 15.0. The highest BCUT2D eigenvalue weighted by Crippen LogP contribution is 2.21. The molecule has 1 aliphatic heterocycles. The second-order valence-corrected chi connectivity index (χ2v) is 8.63. The van der Waals surface area contributed by atoms with Gasteiger partial charge in [-0.2, -0.15) is 0 Å². The van der Waals surface area contributed by atoms with Crippen molar-refractivity contribution in [3.8, 4) is 5.75 Å². The second-order valence-electron chi connectivity index (χ2n) is 6.40. The number of benzene rings is 1. The number of nitrogens with zero attached hydrogens (tertiary/aromatic N) is 3. The highest BCUT2D eigenvalue weighted by molar-refractivity contribution is 7.91. The molecule has 0 bridgehead atoms. The number of aromatic nitrogens is 2. The Kier molecular flexibility index (Phi) is 5.90. The second kappa shape index (κ2) is 8.34. The van der Waals surface area contributed by atoms with Crippen molar-refractivity contribution in [1.29, 1.82) is 0 Å². The minimum absolute atomic E-state index is 0.0973. The summed E-state index contributed by atoms with van der Waals surface area (Å²) >= 11 is 0. The van der Waals surface area contributed by atoms with Gasteiger partial charge in [0.2, 0.25) is 5.91 Å². The highest BCUT2D eigenvalue weighted by Gasteiger charge is 2.31. The van der Waals surface area contributed by atoms with Gasteiger partial charge in [-0.1, -0.05) is 18.2 Å². The molecule has 2 aromatic rings. The lowest BCUT2D eigenvalue weighted by Gasteiger charge is -2.23. The van der Waals surface area contributed by atoms with Crippen molar-refractivity contribution in [2.75, 3.05) is 35.4 Å². The van der Waals surface area contributed by atoms with Gasteiger partial charge in [-0.15, -0.1) is 10.2 Å². The lowest BCUT2D eigenvalue weighted by Crippen LogP contribution is -2.33. The quantitative estimate of drug-likeness (QED) is 0.764. The van der Waals surface area contributed by atoms with Crippen LogP contribution in [0, 0.1) is 0 Å². The predicted molar refractivity (Wildman–Crippen MR) is 103 cm³/mol. The first kappa shape index (κ1) is 19.1. The molecule has 144 valence electrons. The van der Waals surface area contributed by atoms with E-state index in [0.29, 0.717) is 23.8 Å². The number of hydrogen-bond acceptors (Lipinski definition) is 7. The van der Waals surface area contributed by atoms with Gasteiger partial charge in [-0.05, 0) is 30.7 Å². The van der Waals surface area contributed by atoms with Crippen LogP contribution in [0.4, 0.5) is 11.6 Å². The van der Waals surface area contributed by atoms with Crippen molar-refractivity contribution in [2.24, 2.45) is 0 Å². The van der Waals surface area contributed by atoms with Gasteiger partial charge in [0, 0.05) is 13.1 Å². The first-order valence-electron chi connectivity index (χ1n) is 8.68. The summed E-state index contributed by atoms with van der Waals surface area (Å²) in [5.41, 5.74) is 0. The Labute approximate surface area is 158 Å². The van der Waals surface area contributed by atoms with E-state index >= 15 is 0 Å². The van der Waals surface area contributed by atoms with Crippen LogP contribution in [0.5, 0.6) is 5.75 Å². The predicted octanol–water partition coefficient (Wildman–Crippen LogP) is 1.51. The number of para-hydroxylation sites is 1. The van der Waals surface area contributed by atoms with E-state index in [1.54, 1.807) is 19.2 Å². The maximum absolute atomic E-state index is 12.0. The van der Waals surface area contributed by atoms with Crippen LogP contribution in [0.25, 0.3) is 0 Å². The zero-order valence-corrected chi connectivity index (χ0v) is 15.9. The Balaban J connectivity index is 1.47. The maximum Gasteiger partial charge on any atom is 0.229 e. The van der Waals surface area contributed by atoms with Gasteiger partial charge in [0.05, 0.1) is 24.5 Å². The van der Waals surface area contributed by atoms with Crippen molar-refractivity contribution < 1.29 is 17.9 Å². The summed E-state index contributed by atoms with van der Waals surface area (Å²) in [5.74, 6) is 1.74. The number of anilines is 2. The normalized spacial score (nSPS) is 18.0. The van der Waals surface area contributed by atoms with Crippen LogP contribution >= 0.6 is 0 Å². The third-order valence-corrected chi connectivity index (χ3v) is 6.13. The first-order valence-corrected chi connectivity index (χ1v) is 10.5. The Bertz CT molecular complexity index is 872. The van der Waals surface area contributed by atoms with Gasteiger partial charge in [-0.25, -0.2) is 8.42 Å². The van der Waals surface area contributed by atoms with Crippen LogP contribution in [0.1, 0.15) is 12.8 Å². The monoisotopic (exact) mass is 390 g/mol. The average Bonchev–Trinajstić information content (AvgIpc) is 3.02. The van der Waals surface area contributed by atoms with Gasteiger partial charge in [-0.3, -0.25) is 4.79 Å². The smallest absolute Gasteiger partial charge is 0.229 e. The molecule has 3 rings (SSSR count).